The summed E-state index contributed by atoms with van der Waals surface area (Å²) in [5.74, 6) is -0.239. The standard InChI is InChI=1S/C8H16O4/c1-4-7(9)12-6-8(10-3)11-5-2/h8H,4-6H2,1-3H3. The molecule has 0 aromatic heterocycles. The van der Waals surface area contributed by atoms with Crippen LogP contribution in [-0.2, 0) is 19.0 Å². The van der Waals surface area contributed by atoms with Crippen molar-refractivity contribution in [3.8, 4) is 0 Å². The van der Waals surface area contributed by atoms with E-state index >= 15 is 0 Å². The predicted octanol–water partition coefficient (Wildman–Crippen LogP) is 0.949. The number of methoxy groups -OCH3 is 1. The summed E-state index contributed by atoms with van der Waals surface area (Å²) in [6.07, 6.45) is -0.0618. The Morgan fingerprint density at radius 1 is 1.42 bits per heavy atom. The summed E-state index contributed by atoms with van der Waals surface area (Å²) in [5.41, 5.74) is 0. The van der Waals surface area contributed by atoms with Gasteiger partial charge in [0.15, 0.2) is 6.29 Å². The van der Waals surface area contributed by atoms with Crippen LogP contribution in [0.15, 0.2) is 0 Å². The first-order valence-electron chi connectivity index (χ1n) is 4.04. The Kier molecular flexibility index (Phi) is 6.70. The van der Waals surface area contributed by atoms with E-state index in [2.05, 4.69) is 0 Å². The van der Waals surface area contributed by atoms with Crippen LogP contribution in [0.25, 0.3) is 0 Å². The van der Waals surface area contributed by atoms with E-state index in [0.29, 0.717) is 13.0 Å². The molecule has 0 fully saturated rings. The largest absolute Gasteiger partial charge is 0.460 e. The number of esters is 1. The van der Waals surface area contributed by atoms with Crippen LogP contribution in [0.5, 0.6) is 0 Å². The Labute approximate surface area is 72.8 Å². The minimum Gasteiger partial charge on any atom is -0.460 e. The van der Waals surface area contributed by atoms with Crippen molar-refractivity contribution in [1.29, 1.82) is 0 Å². The smallest absolute Gasteiger partial charge is 0.305 e. The zero-order chi connectivity index (χ0) is 9.40. The summed E-state index contributed by atoms with van der Waals surface area (Å²) in [4.78, 5) is 10.7. The topological polar surface area (TPSA) is 44.8 Å². The fraction of sp³-hybridized carbons (Fsp3) is 0.875. The summed E-state index contributed by atoms with van der Waals surface area (Å²) in [6, 6.07) is 0. The van der Waals surface area contributed by atoms with Crippen molar-refractivity contribution < 1.29 is 19.0 Å². The maximum atomic E-state index is 10.7. The molecule has 0 heterocycles. The van der Waals surface area contributed by atoms with E-state index < -0.39 is 6.29 Å². The van der Waals surface area contributed by atoms with Crippen molar-refractivity contribution in [2.75, 3.05) is 20.3 Å². The Morgan fingerprint density at radius 3 is 2.50 bits per heavy atom. The van der Waals surface area contributed by atoms with Crippen LogP contribution in [0.4, 0.5) is 0 Å². The maximum Gasteiger partial charge on any atom is 0.305 e. The molecule has 4 heteroatoms. The van der Waals surface area contributed by atoms with Crippen LogP contribution in [0.3, 0.4) is 0 Å². The Bertz CT molecular complexity index is 124. The molecule has 0 rings (SSSR count). The molecule has 4 nitrogen and oxygen atoms in total. The van der Waals surface area contributed by atoms with Crippen LogP contribution in [0.2, 0.25) is 0 Å². The Balaban J connectivity index is 3.50. The monoisotopic (exact) mass is 176 g/mol. The number of carbonyl (C=O) groups excluding carboxylic acids is 1. The summed E-state index contributed by atoms with van der Waals surface area (Å²) in [5, 5.41) is 0. The molecule has 0 N–H and O–H groups in total. The van der Waals surface area contributed by atoms with Gasteiger partial charge in [-0.15, -0.1) is 0 Å². The van der Waals surface area contributed by atoms with Crippen molar-refractivity contribution in [3.63, 3.8) is 0 Å². The summed E-state index contributed by atoms with van der Waals surface area (Å²) in [6.45, 7) is 4.30. The van der Waals surface area contributed by atoms with E-state index in [-0.39, 0.29) is 12.6 Å². The first kappa shape index (κ1) is 11.4. The third kappa shape index (κ3) is 5.09. The lowest BCUT2D eigenvalue weighted by Crippen LogP contribution is -2.23. The van der Waals surface area contributed by atoms with Gasteiger partial charge in [0.25, 0.3) is 0 Å². The van der Waals surface area contributed by atoms with Crippen LogP contribution in [-0.4, -0.2) is 32.6 Å². The molecule has 0 aromatic carbocycles. The van der Waals surface area contributed by atoms with Gasteiger partial charge >= 0.3 is 5.97 Å². The zero-order valence-corrected chi connectivity index (χ0v) is 7.83. The Morgan fingerprint density at radius 2 is 2.08 bits per heavy atom. The first-order valence-corrected chi connectivity index (χ1v) is 4.04. The maximum absolute atomic E-state index is 10.7. The average Bonchev–Trinajstić information content (AvgIpc) is 2.11. The second-order valence-electron chi connectivity index (χ2n) is 2.16. The third-order valence-corrected chi connectivity index (χ3v) is 1.28. The highest BCUT2D eigenvalue weighted by Crippen LogP contribution is 1.95. The third-order valence-electron chi connectivity index (χ3n) is 1.28. The van der Waals surface area contributed by atoms with Gasteiger partial charge in [-0.25, -0.2) is 0 Å². The van der Waals surface area contributed by atoms with Gasteiger partial charge in [-0.05, 0) is 6.92 Å². The quantitative estimate of drug-likeness (QED) is 0.446. The van der Waals surface area contributed by atoms with E-state index in [0.717, 1.165) is 0 Å². The SMILES string of the molecule is CCOC(COC(=O)CC)OC. The number of carbonyl (C=O) groups is 1. The summed E-state index contributed by atoms with van der Waals surface area (Å²) < 4.78 is 14.8. The van der Waals surface area contributed by atoms with Crippen molar-refractivity contribution in [1.82, 2.24) is 0 Å². The molecule has 0 bridgehead atoms. The molecule has 0 aliphatic carbocycles. The van der Waals surface area contributed by atoms with E-state index in [9.17, 15) is 4.79 Å². The van der Waals surface area contributed by atoms with Gasteiger partial charge in [0.05, 0.1) is 0 Å². The van der Waals surface area contributed by atoms with Gasteiger partial charge in [-0.3, -0.25) is 4.79 Å². The minimum absolute atomic E-state index is 0.164. The van der Waals surface area contributed by atoms with Gasteiger partial charge in [0.1, 0.15) is 6.61 Å². The lowest BCUT2D eigenvalue weighted by atomic mass is 10.5. The first-order chi connectivity index (χ1) is 5.74. The van der Waals surface area contributed by atoms with E-state index in [1.54, 1.807) is 6.92 Å². The molecule has 1 unspecified atom stereocenters. The molecule has 0 saturated heterocycles. The molecular weight excluding hydrogens is 160 g/mol. The number of rotatable bonds is 6. The van der Waals surface area contributed by atoms with Crippen LogP contribution < -0.4 is 0 Å². The molecule has 0 spiro atoms. The number of ether oxygens (including phenoxy) is 3. The molecule has 0 saturated carbocycles. The fourth-order valence-electron chi connectivity index (χ4n) is 0.633. The van der Waals surface area contributed by atoms with Gasteiger partial charge in [0, 0.05) is 20.1 Å². The van der Waals surface area contributed by atoms with Crippen LogP contribution >= 0.6 is 0 Å². The molecule has 1 atom stereocenters. The molecule has 72 valence electrons. The highest BCUT2D eigenvalue weighted by atomic mass is 16.7. The van der Waals surface area contributed by atoms with Gasteiger partial charge in [-0.2, -0.15) is 0 Å². The molecule has 0 amide bonds. The van der Waals surface area contributed by atoms with Gasteiger partial charge in [-0.1, -0.05) is 6.92 Å². The Hall–Kier alpha value is -0.610. The van der Waals surface area contributed by atoms with E-state index in [1.165, 1.54) is 7.11 Å². The number of hydrogen-bond acceptors (Lipinski definition) is 4. The van der Waals surface area contributed by atoms with Crippen molar-refractivity contribution in [2.45, 2.75) is 26.6 Å². The lowest BCUT2D eigenvalue weighted by molar-refractivity contribution is -0.172. The van der Waals surface area contributed by atoms with E-state index in [4.69, 9.17) is 14.2 Å². The average molecular weight is 176 g/mol. The number of hydrogen-bond donors (Lipinski definition) is 0. The van der Waals surface area contributed by atoms with Crippen molar-refractivity contribution in [3.05, 3.63) is 0 Å². The van der Waals surface area contributed by atoms with Crippen molar-refractivity contribution in [2.24, 2.45) is 0 Å². The summed E-state index contributed by atoms with van der Waals surface area (Å²) in [7, 11) is 1.51. The molecule has 0 radical (unpaired) electrons. The van der Waals surface area contributed by atoms with Crippen molar-refractivity contribution >= 4 is 5.97 Å². The summed E-state index contributed by atoms with van der Waals surface area (Å²) >= 11 is 0. The second-order valence-corrected chi connectivity index (χ2v) is 2.16. The molecule has 12 heavy (non-hydrogen) atoms. The predicted molar refractivity (Wildman–Crippen MR) is 43.7 cm³/mol. The van der Waals surface area contributed by atoms with Crippen LogP contribution in [0.1, 0.15) is 20.3 Å². The second kappa shape index (κ2) is 7.06. The highest BCUT2D eigenvalue weighted by molar-refractivity contribution is 5.68. The molecule has 0 aromatic rings. The van der Waals surface area contributed by atoms with E-state index in [1.807, 2.05) is 6.92 Å². The lowest BCUT2D eigenvalue weighted by Gasteiger charge is -2.14. The fourth-order valence-corrected chi connectivity index (χ4v) is 0.633. The minimum atomic E-state index is -0.439. The van der Waals surface area contributed by atoms with Gasteiger partial charge in [0.2, 0.25) is 0 Å². The highest BCUT2D eigenvalue weighted by Gasteiger charge is 2.08. The normalized spacial score (nSPS) is 12.6. The molecule has 0 aliphatic rings. The zero-order valence-electron chi connectivity index (χ0n) is 7.83. The van der Waals surface area contributed by atoms with Gasteiger partial charge < -0.3 is 14.2 Å². The molecular formula is C8H16O4. The molecule has 0 aliphatic heterocycles. The van der Waals surface area contributed by atoms with Crippen LogP contribution in [0, 0.1) is 0 Å².